The standard InChI is InChI=1S/C19H17N3O2.ClH/c1-21-14-8-4-2-6-12(14)16(18(21)23)17-13-7-3-5-9-15(13)22(11-10-20)19(17)24;/h2-9H,10-11,20H2,1H3;1H/b17-16+;. The number of nitrogens with two attached hydrogens (primary N) is 1. The van der Waals surface area contributed by atoms with Gasteiger partial charge in [-0.1, -0.05) is 36.4 Å². The molecule has 2 aromatic carbocycles. The van der Waals surface area contributed by atoms with Crippen LogP contribution < -0.4 is 15.5 Å². The summed E-state index contributed by atoms with van der Waals surface area (Å²) in [6, 6.07) is 15.1. The largest absolute Gasteiger partial charge is 0.329 e. The molecule has 5 nitrogen and oxygen atoms in total. The Balaban J connectivity index is 0.00000182. The summed E-state index contributed by atoms with van der Waals surface area (Å²) in [6.45, 7) is 0.797. The normalized spacial score (nSPS) is 18.3. The lowest BCUT2D eigenvalue weighted by atomic mass is 9.96. The second kappa shape index (κ2) is 6.35. The third-order valence-electron chi connectivity index (χ3n) is 4.58. The number of hydrogen-bond acceptors (Lipinski definition) is 3. The Morgan fingerprint density at radius 2 is 1.36 bits per heavy atom. The highest BCUT2D eigenvalue weighted by Gasteiger charge is 2.40. The molecule has 0 radical (unpaired) electrons. The second-order valence-electron chi connectivity index (χ2n) is 5.89. The molecule has 2 aromatic rings. The molecule has 128 valence electrons. The van der Waals surface area contributed by atoms with Gasteiger partial charge in [-0.05, 0) is 12.1 Å². The third kappa shape index (κ3) is 2.35. The number of hydrogen-bond donors (Lipinski definition) is 1. The number of likely N-dealkylation sites (N-methyl/N-ethyl adjacent to an activating group) is 1. The molecule has 0 atom stereocenters. The molecule has 25 heavy (non-hydrogen) atoms. The molecule has 0 unspecified atom stereocenters. The van der Waals surface area contributed by atoms with Crippen molar-refractivity contribution in [3.8, 4) is 0 Å². The van der Waals surface area contributed by atoms with Crippen molar-refractivity contribution in [1.29, 1.82) is 0 Å². The van der Waals surface area contributed by atoms with Gasteiger partial charge in [0.25, 0.3) is 11.8 Å². The van der Waals surface area contributed by atoms with Gasteiger partial charge in [-0.15, -0.1) is 12.4 Å². The lowest BCUT2D eigenvalue weighted by Gasteiger charge is -2.15. The number of benzene rings is 2. The number of para-hydroxylation sites is 2. The van der Waals surface area contributed by atoms with E-state index in [9.17, 15) is 9.59 Å². The first kappa shape index (κ1) is 17.2. The van der Waals surface area contributed by atoms with Crippen LogP contribution in [-0.4, -0.2) is 32.0 Å². The Morgan fingerprint density at radius 3 is 2.00 bits per heavy atom. The summed E-state index contributed by atoms with van der Waals surface area (Å²) >= 11 is 0. The lowest BCUT2D eigenvalue weighted by Crippen LogP contribution is -2.32. The summed E-state index contributed by atoms with van der Waals surface area (Å²) in [5.41, 5.74) is 9.86. The Morgan fingerprint density at radius 1 is 0.840 bits per heavy atom. The van der Waals surface area contributed by atoms with Gasteiger partial charge in [-0.2, -0.15) is 0 Å². The van der Waals surface area contributed by atoms with Gasteiger partial charge < -0.3 is 15.5 Å². The van der Waals surface area contributed by atoms with Crippen molar-refractivity contribution < 1.29 is 9.59 Å². The van der Waals surface area contributed by atoms with Crippen LogP contribution in [0, 0.1) is 0 Å². The SMILES string of the molecule is CN1C(=O)/C(=C2/C(=O)N(CCN)c3ccccc32)c2ccccc21.Cl. The molecule has 2 N–H and O–H groups in total. The van der Waals surface area contributed by atoms with Gasteiger partial charge in [-0.3, -0.25) is 9.59 Å². The van der Waals surface area contributed by atoms with Gasteiger partial charge in [-0.25, -0.2) is 0 Å². The van der Waals surface area contributed by atoms with Crippen LogP contribution in [0.25, 0.3) is 11.1 Å². The van der Waals surface area contributed by atoms with E-state index in [2.05, 4.69) is 0 Å². The predicted molar refractivity (Wildman–Crippen MR) is 102 cm³/mol. The Bertz CT molecular complexity index is 907. The minimum Gasteiger partial charge on any atom is -0.329 e. The van der Waals surface area contributed by atoms with E-state index in [1.54, 1.807) is 16.8 Å². The minimum absolute atomic E-state index is 0. The zero-order chi connectivity index (χ0) is 16.8. The summed E-state index contributed by atoms with van der Waals surface area (Å²) < 4.78 is 0. The van der Waals surface area contributed by atoms with Crippen LogP contribution in [0.2, 0.25) is 0 Å². The molecular weight excluding hydrogens is 338 g/mol. The van der Waals surface area contributed by atoms with Gasteiger partial charge in [0.15, 0.2) is 0 Å². The van der Waals surface area contributed by atoms with Gasteiger partial charge >= 0.3 is 0 Å². The molecule has 2 amide bonds. The lowest BCUT2D eigenvalue weighted by molar-refractivity contribution is -0.114. The van der Waals surface area contributed by atoms with E-state index in [1.807, 2.05) is 48.5 Å². The van der Waals surface area contributed by atoms with E-state index in [1.165, 1.54) is 0 Å². The van der Waals surface area contributed by atoms with E-state index in [4.69, 9.17) is 5.73 Å². The van der Waals surface area contributed by atoms with Crippen LogP contribution in [0.5, 0.6) is 0 Å². The molecular formula is C19H18ClN3O2. The highest BCUT2D eigenvalue weighted by molar-refractivity contribution is 6.49. The van der Waals surface area contributed by atoms with Crippen molar-refractivity contribution in [2.45, 2.75) is 0 Å². The summed E-state index contributed by atoms with van der Waals surface area (Å²) in [4.78, 5) is 29.1. The summed E-state index contributed by atoms with van der Waals surface area (Å²) in [5, 5.41) is 0. The second-order valence-corrected chi connectivity index (χ2v) is 5.89. The highest BCUT2D eigenvalue weighted by Crippen LogP contribution is 2.45. The fourth-order valence-corrected chi connectivity index (χ4v) is 3.48. The Hall–Kier alpha value is -2.63. The molecule has 2 aliphatic rings. The fraction of sp³-hybridized carbons (Fsp3) is 0.158. The number of rotatable bonds is 2. The maximum Gasteiger partial charge on any atom is 0.259 e. The van der Waals surface area contributed by atoms with Gasteiger partial charge in [0.1, 0.15) is 0 Å². The molecule has 2 aliphatic heterocycles. The molecule has 0 fully saturated rings. The van der Waals surface area contributed by atoms with Crippen LogP contribution in [0.1, 0.15) is 11.1 Å². The van der Waals surface area contributed by atoms with Crippen LogP contribution in [-0.2, 0) is 9.59 Å². The Labute approximate surface area is 152 Å². The quantitative estimate of drug-likeness (QED) is 0.840. The maximum absolute atomic E-state index is 13.0. The van der Waals surface area contributed by atoms with Crippen molar-refractivity contribution in [1.82, 2.24) is 0 Å². The average molecular weight is 356 g/mol. The number of anilines is 2. The topological polar surface area (TPSA) is 66.6 Å². The molecule has 0 saturated heterocycles. The third-order valence-corrected chi connectivity index (χ3v) is 4.58. The smallest absolute Gasteiger partial charge is 0.259 e. The van der Waals surface area contributed by atoms with Crippen LogP contribution in [0.3, 0.4) is 0 Å². The molecule has 2 heterocycles. The number of nitrogens with zero attached hydrogens (tertiary/aromatic N) is 2. The first-order chi connectivity index (χ1) is 11.6. The predicted octanol–water partition coefficient (Wildman–Crippen LogP) is 2.30. The first-order valence-electron chi connectivity index (χ1n) is 7.88. The van der Waals surface area contributed by atoms with Crippen molar-refractivity contribution in [3.05, 3.63) is 59.7 Å². The van der Waals surface area contributed by atoms with Crippen molar-refractivity contribution in [3.63, 3.8) is 0 Å². The molecule has 0 bridgehead atoms. The molecule has 0 saturated carbocycles. The van der Waals surface area contributed by atoms with E-state index >= 15 is 0 Å². The van der Waals surface area contributed by atoms with E-state index in [0.717, 1.165) is 22.5 Å². The first-order valence-corrected chi connectivity index (χ1v) is 7.88. The number of carbonyl (C=O) groups excluding carboxylic acids is 2. The zero-order valence-corrected chi connectivity index (χ0v) is 14.5. The molecule has 4 rings (SSSR count). The monoisotopic (exact) mass is 355 g/mol. The van der Waals surface area contributed by atoms with Gasteiger partial charge in [0.05, 0.1) is 22.5 Å². The van der Waals surface area contributed by atoms with Gasteiger partial charge in [0.2, 0.25) is 0 Å². The maximum atomic E-state index is 13.0. The molecule has 0 aliphatic carbocycles. The van der Waals surface area contributed by atoms with Crippen LogP contribution in [0.4, 0.5) is 11.4 Å². The van der Waals surface area contributed by atoms with Crippen molar-refractivity contribution >= 4 is 46.7 Å². The fourth-order valence-electron chi connectivity index (χ4n) is 3.48. The highest BCUT2D eigenvalue weighted by atomic mass is 35.5. The van der Waals surface area contributed by atoms with E-state index in [0.29, 0.717) is 24.2 Å². The summed E-state index contributed by atoms with van der Waals surface area (Å²) in [6.07, 6.45) is 0. The molecule has 0 spiro atoms. The van der Waals surface area contributed by atoms with Gasteiger partial charge in [0, 0.05) is 31.3 Å². The van der Waals surface area contributed by atoms with E-state index in [-0.39, 0.29) is 24.2 Å². The summed E-state index contributed by atoms with van der Waals surface area (Å²) in [7, 11) is 1.73. The average Bonchev–Trinajstić information content (AvgIpc) is 3.01. The van der Waals surface area contributed by atoms with E-state index < -0.39 is 0 Å². The minimum atomic E-state index is -0.157. The molecule has 6 heteroatoms. The van der Waals surface area contributed by atoms with Crippen molar-refractivity contribution in [2.24, 2.45) is 5.73 Å². The summed E-state index contributed by atoms with van der Waals surface area (Å²) in [5.74, 6) is -0.306. The zero-order valence-electron chi connectivity index (χ0n) is 13.7. The van der Waals surface area contributed by atoms with Crippen molar-refractivity contribution in [2.75, 3.05) is 29.9 Å². The molecule has 0 aromatic heterocycles. The van der Waals surface area contributed by atoms with Crippen LogP contribution >= 0.6 is 12.4 Å². The van der Waals surface area contributed by atoms with Crippen LogP contribution in [0.15, 0.2) is 48.5 Å². The number of carbonyl (C=O) groups is 2. The number of halogens is 1. The Kier molecular flexibility index (Phi) is 4.37. The number of amides is 2. The number of fused-ring (bicyclic) bond motifs is 2.